The molecule has 0 fully saturated rings. The maximum absolute atomic E-state index is 10.4. The van der Waals surface area contributed by atoms with Crippen molar-refractivity contribution in [2.75, 3.05) is 0 Å². The minimum absolute atomic E-state index is 0.376. The van der Waals surface area contributed by atoms with Crippen molar-refractivity contribution in [3.8, 4) is 0 Å². The number of benzene rings is 1. The summed E-state index contributed by atoms with van der Waals surface area (Å²) in [6.07, 6.45) is 0.661. The third-order valence-corrected chi connectivity index (χ3v) is 4.27. The van der Waals surface area contributed by atoms with Crippen molar-refractivity contribution < 1.29 is 10.2 Å². The predicted octanol–water partition coefficient (Wildman–Crippen LogP) is 2.51. The van der Waals surface area contributed by atoms with Crippen LogP contribution in [-0.2, 0) is 13.0 Å². The molecule has 1 aromatic carbocycles. The highest BCUT2D eigenvalue weighted by molar-refractivity contribution is 5.75. The van der Waals surface area contributed by atoms with Gasteiger partial charge in [0.15, 0.2) is 0 Å². The molecule has 0 aliphatic carbocycles. The lowest BCUT2D eigenvalue weighted by molar-refractivity contribution is -0.0799. The van der Waals surface area contributed by atoms with Crippen LogP contribution in [0.5, 0.6) is 0 Å². The van der Waals surface area contributed by atoms with Crippen molar-refractivity contribution in [1.29, 1.82) is 0 Å². The van der Waals surface area contributed by atoms with Gasteiger partial charge in [0, 0.05) is 13.0 Å². The fraction of sp³-hybridized carbons (Fsp3) is 0.562. The van der Waals surface area contributed by atoms with Crippen LogP contribution >= 0.6 is 0 Å². The highest BCUT2D eigenvalue weighted by atomic mass is 16.3. The number of imidazole rings is 1. The first-order chi connectivity index (χ1) is 9.55. The molecule has 4 nitrogen and oxygen atoms in total. The van der Waals surface area contributed by atoms with Gasteiger partial charge in [-0.3, -0.25) is 0 Å². The number of aliphatic hydroxyl groups excluding tert-OH is 1. The number of para-hydroxylation sites is 2. The van der Waals surface area contributed by atoms with Crippen LogP contribution in [0.4, 0.5) is 0 Å². The lowest BCUT2D eigenvalue weighted by Crippen LogP contribution is -2.42. The molecule has 0 aliphatic rings. The summed E-state index contributed by atoms with van der Waals surface area (Å²) in [4.78, 5) is 4.60. The van der Waals surface area contributed by atoms with Crippen LogP contribution in [0, 0.1) is 0 Å². The van der Waals surface area contributed by atoms with Gasteiger partial charge >= 0.3 is 0 Å². The Kier molecular flexibility index (Phi) is 4.45. The van der Waals surface area contributed by atoms with E-state index in [-0.39, 0.29) is 0 Å². The van der Waals surface area contributed by atoms with Gasteiger partial charge in [0.1, 0.15) is 5.82 Å². The zero-order valence-corrected chi connectivity index (χ0v) is 12.5. The van der Waals surface area contributed by atoms with E-state index in [1.54, 1.807) is 0 Å². The van der Waals surface area contributed by atoms with Gasteiger partial charge in [-0.2, -0.15) is 0 Å². The van der Waals surface area contributed by atoms with E-state index in [1.807, 2.05) is 38.1 Å². The van der Waals surface area contributed by atoms with Crippen LogP contribution in [0.3, 0.4) is 0 Å². The highest BCUT2D eigenvalue weighted by Crippen LogP contribution is 2.24. The van der Waals surface area contributed by atoms with Crippen molar-refractivity contribution in [3.05, 3.63) is 30.1 Å². The van der Waals surface area contributed by atoms with E-state index in [0.717, 1.165) is 23.4 Å². The molecule has 0 radical (unpaired) electrons. The molecule has 2 aromatic rings. The second-order valence-corrected chi connectivity index (χ2v) is 5.29. The summed E-state index contributed by atoms with van der Waals surface area (Å²) in [5, 5.41) is 20.8. The molecule has 1 unspecified atom stereocenters. The van der Waals surface area contributed by atoms with Gasteiger partial charge < -0.3 is 14.8 Å². The number of aryl methyl sites for hydroxylation is 1. The molecule has 0 amide bonds. The van der Waals surface area contributed by atoms with E-state index in [9.17, 15) is 10.2 Å². The molecule has 0 bridgehead atoms. The second-order valence-electron chi connectivity index (χ2n) is 5.29. The van der Waals surface area contributed by atoms with Crippen LogP contribution in [0.2, 0.25) is 0 Å². The number of nitrogens with zero attached hydrogens (tertiary/aromatic N) is 2. The van der Waals surface area contributed by atoms with Gasteiger partial charge in [-0.05, 0) is 31.9 Å². The Morgan fingerprint density at radius 2 is 1.85 bits per heavy atom. The number of rotatable bonds is 6. The van der Waals surface area contributed by atoms with E-state index < -0.39 is 11.7 Å². The van der Waals surface area contributed by atoms with Crippen LogP contribution < -0.4 is 0 Å². The first-order valence-corrected chi connectivity index (χ1v) is 7.40. The van der Waals surface area contributed by atoms with Gasteiger partial charge in [0.25, 0.3) is 0 Å². The van der Waals surface area contributed by atoms with E-state index >= 15 is 0 Å². The molecule has 2 rings (SSSR count). The number of hydrogen-bond acceptors (Lipinski definition) is 3. The number of fused-ring (bicyclic) bond motifs is 1. The van der Waals surface area contributed by atoms with Crippen molar-refractivity contribution in [3.63, 3.8) is 0 Å². The van der Waals surface area contributed by atoms with E-state index in [0.29, 0.717) is 19.3 Å². The summed E-state index contributed by atoms with van der Waals surface area (Å²) < 4.78 is 2.10. The summed E-state index contributed by atoms with van der Waals surface area (Å²) in [6, 6.07) is 7.96. The topological polar surface area (TPSA) is 58.3 Å². The third kappa shape index (κ3) is 2.58. The van der Waals surface area contributed by atoms with Crippen LogP contribution in [0.1, 0.15) is 39.4 Å². The molecule has 1 heterocycles. The third-order valence-electron chi connectivity index (χ3n) is 4.27. The van der Waals surface area contributed by atoms with E-state index in [4.69, 9.17) is 0 Å². The number of aromatic nitrogens is 2. The van der Waals surface area contributed by atoms with Gasteiger partial charge in [0.05, 0.1) is 22.7 Å². The van der Waals surface area contributed by atoms with Crippen molar-refractivity contribution in [2.45, 2.75) is 58.3 Å². The molecule has 0 aliphatic heterocycles. The Morgan fingerprint density at radius 1 is 1.20 bits per heavy atom. The van der Waals surface area contributed by atoms with E-state index in [2.05, 4.69) is 16.5 Å². The average Bonchev–Trinajstić information content (AvgIpc) is 2.83. The largest absolute Gasteiger partial charge is 0.390 e. The molecule has 20 heavy (non-hydrogen) atoms. The Balaban J connectivity index is 2.34. The zero-order valence-electron chi connectivity index (χ0n) is 12.5. The molecule has 1 aromatic heterocycles. The molecule has 2 N–H and O–H groups in total. The quantitative estimate of drug-likeness (QED) is 0.852. The lowest BCUT2D eigenvalue weighted by Gasteiger charge is -2.30. The summed E-state index contributed by atoms with van der Waals surface area (Å²) in [7, 11) is 0. The van der Waals surface area contributed by atoms with Crippen molar-refractivity contribution >= 4 is 11.0 Å². The average molecular weight is 276 g/mol. The molecular weight excluding hydrogens is 252 g/mol. The van der Waals surface area contributed by atoms with Crippen molar-refractivity contribution in [2.24, 2.45) is 0 Å². The van der Waals surface area contributed by atoms with E-state index in [1.165, 1.54) is 0 Å². The fourth-order valence-corrected chi connectivity index (χ4v) is 2.72. The molecule has 0 saturated carbocycles. The second kappa shape index (κ2) is 5.94. The maximum Gasteiger partial charge on any atom is 0.112 e. The minimum atomic E-state index is -1.03. The lowest BCUT2D eigenvalue weighted by atomic mass is 9.88. The minimum Gasteiger partial charge on any atom is -0.390 e. The molecule has 110 valence electrons. The summed E-state index contributed by atoms with van der Waals surface area (Å²) in [6.45, 7) is 6.67. The Morgan fingerprint density at radius 3 is 2.45 bits per heavy atom. The van der Waals surface area contributed by atoms with Gasteiger partial charge in [-0.1, -0.05) is 26.0 Å². The molecule has 0 spiro atoms. The summed E-state index contributed by atoms with van der Waals surface area (Å²) in [5.74, 6) is 0.835. The van der Waals surface area contributed by atoms with Crippen LogP contribution in [0.15, 0.2) is 24.3 Å². The Bertz CT molecular complexity index is 573. The van der Waals surface area contributed by atoms with Gasteiger partial charge in [-0.25, -0.2) is 4.98 Å². The highest BCUT2D eigenvalue weighted by Gasteiger charge is 2.33. The molecule has 1 atom stereocenters. The first-order valence-electron chi connectivity index (χ1n) is 7.40. The van der Waals surface area contributed by atoms with Crippen molar-refractivity contribution in [1.82, 2.24) is 9.55 Å². The number of aliphatic hydroxyl groups is 2. The fourth-order valence-electron chi connectivity index (χ4n) is 2.72. The summed E-state index contributed by atoms with van der Waals surface area (Å²) in [5.41, 5.74) is 0.985. The van der Waals surface area contributed by atoms with Crippen LogP contribution in [0.25, 0.3) is 11.0 Å². The standard InChI is InChI=1S/C16H24N2O2/c1-4-16(20,5-2)14(19)11-15-17-12-9-7-8-10-13(12)18(15)6-3/h7-10,14,19-20H,4-6,11H2,1-3H3. The van der Waals surface area contributed by atoms with Crippen LogP contribution in [-0.4, -0.2) is 31.5 Å². The molecular formula is C16H24N2O2. The predicted molar refractivity (Wildman–Crippen MR) is 80.6 cm³/mol. The van der Waals surface area contributed by atoms with Gasteiger partial charge in [-0.15, -0.1) is 0 Å². The molecule has 0 saturated heterocycles. The zero-order chi connectivity index (χ0) is 14.8. The SMILES string of the molecule is CCn1c(CC(O)C(O)(CC)CC)nc2ccccc21. The normalized spacial score (nSPS) is 13.8. The Hall–Kier alpha value is -1.39. The Labute approximate surface area is 120 Å². The monoisotopic (exact) mass is 276 g/mol. The molecule has 4 heteroatoms. The maximum atomic E-state index is 10.4. The number of hydrogen-bond donors (Lipinski definition) is 2. The smallest absolute Gasteiger partial charge is 0.112 e. The van der Waals surface area contributed by atoms with Gasteiger partial charge in [0.2, 0.25) is 0 Å². The first kappa shape index (κ1) is 15.0. The summed E-state index contributed by atoms with van der Waals surface area (Å²) >= 11 is 0.